The van der Waals surface area contributed by atoms with Crippen LogP contribution in [0.25, 0.3) is 55.3 Å². The molecule has 0 aliphatic carbocycles. The number of hydrogen-bond acceptors (Lipinski definition) is 6. The van der Waals surface area contributed by atoms with Gasteiger partial charge in [0.15, 0.2) is 5.65 Å². The number of fused-ring (bicyclic) bond motifs is 3. The van der Waals surface area contributed by atoms with Crippen LogP contribution in [-0.4, -0.2) is 24.7 Å². The standard InChI is InChI=1S/C32H25FN6O2/c1-3-24(30-26(18-7-6-8-20(33)13-18)29(40)22-9-4-5-10-25(22)41-30)39-32-27(31(34)36-16-37-32)28(38-39)19-11-12-21-17(2)15-35-23(21)14-19/h4-16,24,35H,3H2,1-2H3,(H2,34,36,37). The quantitative estimate of drug-likeness (QED) is 0.247. The third kappa shape index (κ3) is 3.88. The molecule has 4 aromatic heterocycles. The molecule has 0 aliphatic rings. The smallest absolute Gasteiger partial charge is 0.200 e. The van der Waals surface area contributed by atoms with Crippen molar-refractivity contribution >= 4 is 38.7 Å². The number of aromatic amines is 1. The van der Waals surface area contributed by atoms with Crippen molar-refractivity contribution in [3.05, 3.63) is 107 Å². The number of rotatable bonds is 5. The predicted molar refractivity (Wildman–Crippen MR) is 158 cm³/mol. The molecule has 0 fully saturated rings. The average Bonchev–Trinajstić information content (AvgIpc) is 3.55. The molecule has 0 saturated carbocycles. The predicted octanol–water partition coefficient (Wildman–Crippen LogP) is 6.78. The fourth-order valence-electron chi connectivity index (χ4n) is 5.61. The first kappa shape index (κ1) is 24.7. The van der Waals surface area contributed by atoms with Crippen LogP contribution < -0.4 is 11.2 Å². The van der Waals surface area contributed by atoms with Gasteiger partial charge in [-0.05, 0) is 54.8 Å². The lowest BCUT2D eigenvalue weighted by atomic mass is 9.97. The van der Waals surface area contributed by atoms with E-state index in [0.29, 0.717) is 51.3 Å². The summed E-state index contributed by atoms with van der Waals surface area (Å²) < 4.78 is 22.6. The van der Waals surface area contributed by atoms with E-state index in [0.717, 1.165) is 22.0 Å². The highest BCUT2D eigenvalue weighted by Crippen LogP contribution is 2.38. The number of H-pyrrole nitrogens is 1. The Morgan fingerprint density at radius 2 is 1.88 bits per heavy atom. The van der Waals surface area contributed by atoms with Gasteiger partial charge in [-0.25, -0.2) is 19.0 Å². The van der Waals surface area contributed by atoms with Crippen LogP contribution in [0.3, 0.4) is 0 Å². The normalized spacial score (nSPS) is 12.5. The number of nitrogen functional groups attached to an aromatic ring is 1. The first-order chi connectivity index (χ1) is 19.9. The van der Waals surface area contributed by atoms with E-state index in [4.69, 9.17) is 15.2 Å². The van der Waals surface area contributed by atoms with Crippen molar-refractivity contribution in [2.75, 3.05) is 5.73 Å². The summed E-state index contributed by atoms with van der Waals surface area (Å²) in [5, 5.41) is 7.16. The fourth-order valence-corrected chi connectivity index (χ4v) is 5.61. The number of hydrogen-bond donors (Lipinski definition) is 2. The zero-order valence-corrected chi connectivity index (χ0v) is 22.4. The number of aryl methyl sites for hydroxylation is 1. The highest BCUT2D eigenvalue weighted by molar-refractivity contribution is 6.00. The second-order valence-electron chi connectivity index (χ2n) is 10.1. The molecule has 3 N–H and O–H groups in total. The van der Waals surface area contributed by atoms with E-state index < -0.39 is 11.9 Å². The molecule has 0 radical (unpaired) electrons. The molecule has 41 heavy (non-hydrogen) atoms. The molecule has 9 heteroatoms. The Morgan fingerprint density at radius 1 is 1.02 bits per heavy atom. The van der Waals surface area contributed by atoms with Gasteiger partial charge in [0.2, 0.25) is 5.43 Å². The summed E-state index contributed by atoms with van der Waals surface area (Å²) in [5.74, 6) is 0.209. The van der Waals surface area contributed by atoms with E-state index in [1.54, 1.807) is 35.0 Å². The van der Waals surface area contributed by atoms with Crippen LogP contribution >= 0.6 is 0 Å². The molecule has 0 saturated heterocycles. The van der Waals surface area contributed by atoms with Crippen LogP contribution in [-0.2, 0) is 0 Å². The molecule has 7 aromatic rings. The summed E-state index contributed by atoms with van der Waals surface area (Å²) in [4.78, 5) is 26.0. The van der Waals surface area contributed by atoms with Gasteiger partial charge in [-0.3, -0.25) is 4.79 Å². The first-order valence-electron chi connectivity index (χ1n) is 13.3. The molecule has 1 atom stereocenters. The van der Waals surface area contributed by atoms with Crippen molar-refractivity contribution in [2.24, 2.45) is 0 Å². The SMILES string of the molecule is CCC(c1oc2ccccc2c(=O)c1-c1cccc(F)c1)n1nc(-c2ccc3c(C)c[nH]c3c2)c2c(N)ncnc21. The molecule has 4 heterocycles. The van der Waals surface area contributed by atoms with E-state index in [1.807, 2.05) is 44.3 Å². The summed E-state index contributed by atoms with van der Waals surface area (Å²) >= 11 is 0. The highest BCUT2D eigenvalue weighted by Gasteiger charge is 2.29. The summed E-state index contributed by atoms with van der Waals surface area (Å²) in [5.41, 5.74) is 11.4. The van der Waals surface area contributed by atoms with Crippen LogP contribution in [0, 0.1) is 12.7 Å². The van der Waals surface area contributed by atoms with Gasteiger partial charge in [-0.1, -0.05) is 43.3 Å². The largest absolute Gasteiger partial charge is 0.458 e. The average molecular weight is 545 g/mol. The lowest BCUT2D eigenvalue weighted by Crippen LogP contribution is -2.18. The zero-order valence-electron chi connectivity index (χ0n) is 22.4. The van der Waals surface area contributed by atoms with Crippen molar-refractivity contribution < 1.29 is 8.81 Å². The van der Waals surface area contributed by atoms with Gasteiger partial charge < -0.3 is 15.1 Å². The number of para-hydroxylation sites is 1. The summed E-state index contributed by atoms with van der Waals surface area (Å²) in [7, 11) is 0. The van der Waals surface area contributed by atoms with Crippen molar-refractivity contribution in [1.29, 1.82) is 0 Å². The van der Waals surface area contributed by atoms with Crippen molar-refractivity contribution in [3.63, 3.8) is 0 Å². The maximum Gasteiger partial charge on any atom is 0.200 e. The van der Waals surface area contributed by atoms with Gasteiger partial charge in [-0.15, -0.1) is 0 Å². The van der Waals surface area contributed by atoms with Crippen molar-refractivity contribution in [3.8, 4) is 22.4 Å². The van der Waals surface area contributed by atoms with E-state index in [2.05, 4.69) is 15.0 Å². The number of nitrogens with one attached hydrogen (secondary N) is 1. The molecule has 0 spiro atoms. The second-order valence-corrected chi connectivity index (χ2v) is 10.1. The molecule has 3 aromatic carbocycles. The lowest BCUT2D eigenvalue weighted by Gasteiger charge is -2.19. The summed E-state index contributed by atoms with van der Waals surface area (Å²) in [6.07, 6.45) is 3.86. The third-order valence-corrected chi connectivity index (χ3v) is 7.60. The molecule has 0 amide bonds. The topological polar surface area (TPSA) is 116 Å². The van der Waals surface area contributed by atoms with Gasteiger partial charge >= 0.3 is 0 Å². The Bertz CT molecular complexity index is 2180. The Kier molecular flexibility index (Phi) is 5.67. The minimum Gasteiger partial charge on any atom is -0.458 e. The number of benzene rings is 3. The Hall–Kier alpha value is -5.31. The monoisotopic (exact) mass is 544 g/mol. The molecule has 7 rings (SSSR count). The molecule has 202 valence electrons. The van der Waals surface area contributed by atoms with Crippen LogP contribution in [0.5, 0.6) is 0 Å². The van der Waals surface area contributed by atoms with Crippen molar-refractivity contribution in [1.82, 2.24) is 24.7 Å². The summed E-state index contributed by atoms with van der Waals surface area (Å²) in [6, 6.07) is 18.5. The maximum absolute atomic E-state index is 14.4. The Balaban J connectivity index is 1.52. The highest BCUT2D eigenvalue weighted by atomic mass is 19.1. The van der Waals surface area contributed by atoms with Gasteiger partial charge in [-0.2, -0.15) is 5.10 Å². The molecule has 0 bridgehead atoms. The Morgan fingerprint density at radius 3 is 2.71 bits per heavy atom. The number of halogens is 1. The number of nitrogens with two attached hydrogens (primary N) is 1. The lowest BCUT2D eigenvalue weighted by molar-refractivity contribution is 0.415. The fraction of sp³-hybridized carbons (Fsp3) is 0.125. The number of anilines is 1. The van der Waals surface area contributed by atoms with Crippen LogP contribution in [0.1, 0.15) is 30.7 Å². The molecular weight excluding hydrogens is 519 g/mol. The molecular formula is C32H25FN6O2. The van der Waals surface area contributed by atoms with Gasteiger partial charge in [0.05, 0.1) is 16.3 Å². The molecule has 0 aliphatic heterocycles. The van der Waals surface area contributed by atoms with E-state index in [1.165, 1.54) is 18.5 Å². The van der Waals surface area contributed by atoms with Crippen LogP contribution in [0.15, 0.2) is 88.5 Å². The van der Waals surface area contributed by atoms with Crippen molar-refractivity contribution in [2.45, 2.75) is 26.3 Å². The van der Waals surface area contributed by atoms with Gasteiger partial charge in [0.1, 0.15) is 41.0 Å². The van der Waals surface area contributed by atoms with Gasteiger partial charge in [0.25, 0.3) is 0 Å². The number of nitrogens with zero attached hydrogens (tertiary/aromatic N) is 4. The zero-order chi connectivity index (χ0) is 28.2. The van der Waals surface area contributed by atoms with Gasteiger partial charge in [0, 0.05) is 22.7 Å². The van der Waals surface area contributed by atoms with E-state index in [-0.39, 0.29) is 11.0 Å². The third-order valence-electron chi connectivity index (χ3n) is 7.60. The molecule has 1 unspecified atom stereocenters. The maximum atomic E-state index is 14.4. The Labute approximate surface area is 233 Å². The van der Waals surface area contributed by atoms with Crippen LogP contribution in [0.2, 0.25) is 0 Å². The summed E-state index contributed by atoms with van der Waals surface area (Å²) in [6.45, 7) is 4.02. The van der Waals surface area contributed by atoms with Crippen LogP contribution in [0.4, 0.5) is 10.2 Å². The van der Waals surface area contributed by atoms with E-state index >= 15 is 0 Å². The van der Waals surface area contributed by atoms with E-state index in [9.17, 15) is 9.18 Å². The first-order valence-corrected chi connectivity index (χ1v) is 13.3. The molecule has 8 nitrogen and oxygen atoms in total. The second kappa shape index (κ2) is 9.41. The minimum absolute atomic E-state index is 0.246. The number of aromatic nitrogens is 5. The minimum atomic E-state index is -0.562.